The topological polar surface area (TPSA) is 102 Å². The van der Waals surface area contributed by atoms with Gasteiger partial charge in [0.15, 0.2) is 0 Å². The first kappa shape index (κ1) is 19.8. The first-order valence-electron chi connectivity index (χ1n) is 8.81. The van der Waals surface area contributed by atoms with Crippen LogP contribution >= 0.6 is 0 Å². The molecule has 5 heteroatoms. The molecule has 3 rings (SSSR count). The quantitative estimate of drug-likeness (QED) is 0.786. The van der Waals surface area contributed by atoms with Crippen molar-refractivity contribution in [3.05, 3.63) is 71.3 Å². The van der Waals surface area contributed by atoms with E-state index in [0.717, 1.165) is 12.3 Å². The lowest BCUT2D eigenvalue weighted by Crippen LogP contribution is -2.34. The van der Waals surface area contributed by atoms with Crippen LogP contribution in [0.4, 0.5) is 0 Å². The molecule has 2 aromatic rings. The molecule has 138 valence electrons. The molecule has 1 heterocycles. The summed E-state index contributed by atoms with van der Waals surface area (Å²) in [5.74, 6) is -0.551. The molecular weight excluding hydrogens is 326 g/mol. The Kier molecular flexibility index (Phi) is 7.06. The van der Waals surface area contributed by atoms with E-state index in [9.17, 15) is 4.79 Å². The molecule has 0 spiro atoms. The largest absolute Gasteiger partial charge is 0.480 e. The lowest BCUT2D eigenvalue weighted by molar-refractivity contribution is -0.139. The van der Waals surface area contributed by atoms with E-state index in [-0.39, 0.29) is 5.92 Å². The number of rotatable bonds is 4. The summed E-state index contributed by atoms with van der Waals surface area (Å²) in [7, 11) is 0. The maximum Gasteiger partial charge on any atom is 0.320 e. The molecule has 26 heavy (non-hydrogen) atoms. The Morgan fingerprint density at radius 1 is 1.15 bits per heavy atom. The summed E-state index contributed by atoms with van der Waals surface area (Å²) in [5, 5.41) is 8.23. The van der Waals surface area contributed by atoms with Crippen molar-refractivity contribution in [2.24, 2.45) is 22.4 Å². The molecule has 0 bridgehead atoms. The average molecular weight is 353 g/mol. The van der Waals surface area contributed by atoms with E-state index in [1.807, 2.05) is 6.07 Å². The highest BCUT2D eigenvalue weighted by Crippen LogP contribution is 2.31. The fraction of sp³-hybridized carbons (Fsp3) is 0.333. The average Bonchev–Trinajstić information content (AvgIpc) is 2.67. The van der Waals surface area contributed by atoms with Crippen LogP contribution in [0.2, 0.25) is 0 Å². The van der Waals surface area contributed by atoms with Gasteiger partial charge in [-0.1, -0.05) is 68.4 Å². The predicted octanol–water partition coefficient (Wildman–Crippen LogP) is 2.63. The smallest absolute Gasteiger partial charge is 0.320 e. The van der Waals surface area contributed by atoms with E-state index < -0.39 is 12.0 Å². The minimum absolute atomic E-state index is 0.0208. The number of hydrogen-bond donors (Lipinski definition) is 3. The second-order valence-corrected chi connectivity index (χ2v) is 6.65. The summed E-state index contributed by atoms with van der Waals surface area (Å²) in [4.78, 5) is 14.7. The van der Waals surface area contributed by atoms with E-state index in [4.69, 9.17) is 16.6 Å². The number of nitrogens with two attached hydrogens (primary N) is 2. The van der Waals surface area contributed by atoms with Crippen LogP contribution in [0, 0.1) is 5.92 Å². The van der Waals surface area contributed by atoms with Gasteiger partial charge in [-0.15, -0.1) is 0 Å². The summed E-state index contributed by atoms with van der Waals surface area (Å²) in [5.41, 5.74) is 15.8. The molecular formula is C21H27N3O2. The number of benzene rings is 2. The third-order valence-corrected chi connectivity index (χ3v) is 4.51. The van der Waals surface area contributed by atoms with Gasteiger partial charge in [-0.05, 0) is 17.0 Å². The lowest BCUT2D eigenvalue weighted by Gasteiger charge is -2.24. The van der Waals surface area contributed by atoms with Crippen LogP contribution in [0.25, 0.3) is 0 Å². The molecule has 2 aromatic carbocycles. The highest BCUT2D eigenvalue weighted by Gasteiger charge is 2.22. The number of carbonyl (C=O) groups is 1. The first-order valence-corrected chi connectivity index (χ1v) is 8.81. The van der Waals surface area contributed by atoms with Gasteiger partial charge in [-0.25, -0.2) is 0 Å². The molecule has 0 amide bonds. The van der Waals surface area contributed by atoms with Crippen LogP contribution in [0.3, 0.4) is 0 Å². The lowest BCUT2D eigenvalue weighted by atomic mass is 9.84. The third kappa shape index (κ3) is 4.77. The van der Waals surface area contributed by atoms with Crippen LogP contribution < -0.4 is 11.5 Å². The predicted molar refractivity (Wildman–Crippen MR) is 106 cm³/mol. The number of hydrogen-bond acceptors (Lipinski definition) is 4. The number of aliphatic carboxylic acids is 1. The maximum atomic E-state index is 10.0. The summed E-state index contributed by atoms with van der Waals surface area (Å²) in [6.45, 7) is 4.86. The molecule has 0 saturated carbocycles. The normalized spacial score (nSPS) is 16.8. The zero-order valence-corrected chi connectivity index (χ0v) is 15.3. The summed E-state index contributed by atoms with van der Waals surface area (Å²) < 4.78 is 0. The van der Waals surface area contributed by atoms with Gasteiger partial charge in [-0.2, -0.15) is 0 Å². The number of nitrogens with zero attached hydrogens (tertiary/aromatic N) is 1. The highest BCUT2D eigenvalue weighted by atomic mass is 16.4. The van der Waals surface area contributed by atoms with Crippen LogP contribution in [-0.4, -0.2) is 35.9 Å². The Hall–Kier alpha value is -2.50. The zero-order valence-electron chi connectivity index (χ0n) is 15.3. The number of fused-ring (bicyclic) bond motifs is 1. The van der Waals surface area contributed by atoms with E-state index in [1.54, 1.807) is 13.8 Å². The molecule has 1 aliphatic rings. The van der Waals surface area contributed by atoms with Crippen LogP contribution in [-0.2, 0) is 4.79 Å². The fourth-order valence-corrected chi connectivity index (χ4v) is 2.88. The van der Waals surface area contributed by atoms with Crippen molar-refractivity contribution in [3.8, 4) is 0 Å². The van der Waals surface area contributed by atoms with Crippen LogP contribution in [0.1, 0.15) is 36.5 Å². The van der Waals surface area contributed by atoms with E-state index in [0.29, 0.717) is 12.5 Å². The summed E-state index contributed by atoms with van der Waals surface area (Å²) >= 11 is 0. The molecule has 5 nitrogen and oxygen atoms in total. The number of aliphatic imine (C=N–C) groups is 1. The Morgan fingerprint density at radius 3 is 2.31 bits per heavy atom. The molecule has 1 unspecified atom stereocenters. The first-order chi connectivity index (χ1) is 12.5. The van der Waals surface area contributed by atoms with Gasteiger partial charge in [0.05, 0.1) is 12.3 Å². The van der Waals surface area contributed by atoms with Gasteiger partial charge in [0.1, 0.15) is 6.04 Å². The third-order valence-electron chi connectivity index (χ3n) is 4.51. The Balaban J connectivity index is 0.000000260. The Labute approximate surface area is 154 Å². The van der Waals surface area contributed by atoms with E-state index in [2.05, 4.69) is 53.5 Å². The molecule has 0 aliphatic carbocycles. The van der Waals surface area contributed by atoms with Gasteiger partial charge in [0, 0.05) is 18.0 Å². The van der Waals surface area contributed by atoms with Crippen LogP contribution in [0.15, 0.2) is 59.6 Å². The van der Waals surface area contributed by atoms with E-state index >= 15 is 0 Å². The molecule has 5 N–H and O–H groups in total. The fourth-order valence-electron chi connectivity index (χ4n) is 2.88. The standard InChI is InChI=1S/C16H16N2.C5H11NO2/c17-10-16-14-9-5-4-8-13(14)15(11-18-16)12-6-2-1-3-7-12;1-3(2)4(6)5(7)8/h1-9,15H,10-11,17H2;3-4H,6H2,1-2H3,(H,7,8)/t;4-/m.0/s1. The van der Waals surface area contributed by atoms with E-state index in [1.165, 1.54) is 16.7 Å². The highest BCUT2D eigenvalue weighted by molar-refractivity contribution is 6.04. The molecule has 1 aliphatic heterocycles. The Bertz CT molecular complexity index is 757. The van der Waals surface area contributed by atoms with Gasteiger partial charge in [-0.3, -0.25) is 9.79 Å². The van der Waals surface area contributed by atoms with Crippen molar-refractivity contribution in [3.63, 3.8) is 0 Å². The van der Waals surface area contributed by atoms with Gasteiger partial charge in [0.2, 0.25) is 0 Å². The number of carboxylic acid groups (broad SMARTS) is 1. The molecule has 0 saturated heterocycles. The van der Waals surface area contributed by atoms with Crippen molar-refractivity contribution >= 4 is 11.7 Å². The van der Waals surface area contributed by atoms with Gasteiger partial charge >= 0.3 is 5.97 Å². The SMILES string of the molecule is CC(C)[C@H](N)C(=O)O.NCC1=NCC(c2ccccc2)c2ccccc21. The van der Waals surface area contributed by atoms with Crippen molar-refractivity contribution in [2.75, 3.05) is 13.1 Å². The molecule has 0 aromatic heterocycles. The Morgan fingerprint density at radius 2 is 1.77 bits per heavy atom. The monoisotopic (exact) mass is 353 g/mol. The molecule has 0 fully saturated rings. The van der Waals surface area contributed by atoms with Gasteiger partial charge < -0.3 is 16.6 Å². The second-order valence-electron chi connectivity index (χ2n) is 6.65. The minimum atomic E-state index is -0.931. The van der Waals surface area contributed by atoms with Crippen molar-refractivity contribution in [2.45, 2.75) is 25.8 Å². The second kappa shape index (κ2) is 9.27. The van der Waals surface area contributed by atoms with Crippen LogP contribution in [0.5, 0.6) is 0 Å². The van der Waals surface area contributed by atoms with Crippen molar-refractivity contribution in [1.29, 1.82) is 0 Å². The maximum absolute atomic E-state index is 10.0. The number of carboxylic acids is 1. The molecule has 0 radical (unpaired) electrons. The summed E-state index contributed by atoms with van der Waals surface area (Å²) in [6.07, 6.45) is 0. The minimum Gasteiger partial charge on any atom is -0.480 e. The van der Waals surface area contributed by atoms with Crippen molar-refractivity contribution in [1.82, 2.24) is 0 Å². The zero-order chi connectivity index (χ0) is 19.1. The van der Waals surface area contributed by atoms with Gasteiger partial charge in [0.25, 0.3) is 0 Å². The molecule has 2 atom stereocenters. The van der Waals surface area contributed by atoms with Crippen molar-refractivity contribution < 1.29 is 9.90 Å². The summed E-state index contributed by atoms with van der Waals surface area (Å²) in [6, 6.07) is 18.3.